The third kappa shape index (κ3) is 8.59. The van der Waals surface area contributed by atoms with E-state index < -0.39 is 52.1 Å². The molecular weight excluding hydrogens is 1170 g/mol. The number of carbonyl (C=O) groups excluding carboxylic acids is 7. The number of hydrogen-bond donors (Lipinski definition) is 4. The Labute approximate surface area is 539 Å². The van der Waals surface area contributed by atoms with Crippen LogP contribution < -0.4 is 31.9 Å². The van der Waals surface area contributed by atoms with Crippen LogP contribution in [0.25, 0.3) is 22.3 Å². The summed E-state index contributed by atoms with van der Waals surface area (Å²) in [6.45, 7) is 0. The lowest BCUT2D eigenvalue weighted by atomic mass is 9.67. The number of nitrogens with one attached hydrogen (secondary N) is 2. The number of imide groups is 2. The second-order valence-corrected chi connectivity index (χ2v) is 23.8. The normalized spacial score (nSPS) is 14.2. The number of hydrogen-bond acceptors (Lipinski definition) is 9. The monoisotopic (exact) mass is 1220 g/mol. The number of anilines is 6. The molecule has 6 N–H and O–H groups in total. The highest BCUT2D eigenvalue weighted by molar-refractivity contribution is 6.36. The van der Waals surface area contributed by atoms with Crippen molar-refractivity contribution in [1.82, 2.24) is 0 Å². The number of rotatable bonds is 12. The fourth-order valence-electron chi connectivity index (χ4n) is 14.5. The van der Waals surface area contributed by atoms with Crippen LogP contribution in [-0.4, -0.2) is 41.2 Å². The smallest absolute Gasteiger partial charge is 0.266 e. The van der Waals surface area contributed by atoms with Crippen LogP contribution >= 0.6 is 0 Å². The number of ketones is 1. The van der Waals surface area contributed by atoms with Crippen LogP contribution in [0.15, 0.2) is 279 Å². The third-order valence-electron chi connectivity index (χ3n) is 18.8. The molecule has 0 unspecified atom stereocenters. The van der Waals surface area contributed by atoms with Gasteiger partial charge in [-0.25, -0.2) is 9.80 Å². The maximum atomic E-state index is 14.2. The zero-order valence-corrected chi connectivity index (χ0v) is 50.0. The summed E-state index contributed by atoms with van der Waals surface area (Å²) in [5.41, 5.74) is 28.1. The van der Waals surface area contributed by atoms with E-state index in [9.17, 15) is 33.6 Å². The van der Waals surface area contributed by atoms with E-state index in [1.54, 1.807) is 0 Å². The Morgan fingerprint density at radius 1 is 0.287 bits per heavy atom. The SMILES string of the molecule is Nc1ccc(C2(c3ccc(NC(=O)c4ccc(N5C(=O)c6ccc(C(=O)c7ccc8c(c7)C(=O)N(c7ccc(C(=O)Nc9ccc(C%10(c%11ccc(N)cc%11)c%11ccccc%11-c%11ccccc%11%10)cc9)cc7)C8=O)cc6C5=O)cc4)cc3)c3ccccc3-c3ccccc32)cc1. The molecule has 448 valence electrons. The molecule has 94 heavy (non-hydrogen) atoms. The average Bonchev–Trinajstić information content (AvgIpc) is 1.54. The van der Waals surface area contributed by atoms with Gasteiger partial charge in [0.25, 0.3) is 35.4 Å². The van der Waals surface area contributed by atoms with Gasteiger partial charge >= 0.3 is 0 Å². The fourth-order valence-corrected chi connectivity index (χ4v) is 14.5. The summed E-state index contributed by atoms with van der Waals surface area (Å²) in [7, 11) is 0. The number of fused-ring (bicyclic) bond motifs is 8. The molecule has 2 aliphatic heterocycles. The second-order valence-electron chi connectivity index (χ2n) is 23.8. The summed E-state index contributed by atoms with van der Waals surface area (Å²) in [5.74, 6) is -3.91. The Morgan fingerprint density at radius 3 is 0.883 bits per heavy atom. The van der Waals surface area contributed by atoms with Crippen LogP contribution in [0.2, 0.25) is 0 Å². The van der Waals surface area contributed by atoms with Crippen molar-refractivity contribution >= 4 is 75.4 Å². The van der Waals surface area contributed by atoms with Crippen LogP contribution in [-0.2, 0) is 10.8 Å². The standard InChI is InChI=1S/C81H52N6O7/c82-55-31-23-51(24-32-55)80(69-13-5-1-9-61(69)62-10-2-6-14-70(62)80)53-27-35-57(36-28-53)84-74(89)47-17-39-59(40-18-47)86-76(91)65-43-21-49(45-67(65)78(86)93)73(88)50-22-44-66-68(46-50)79(94)87(77(66)92)60-41-19-48(20-42-60)75(90)85-58-37-29-54(30-38-58)81(52-25-33-56(83)34-26-52)71-15-7-3-11-63(71)64-12-4-8-16-72(64)81/h1-46H,82-83H2,(H,84,89)(H,85,90). The van der Waals surface area contributed by atoms with Crippen LogP contribution in [0.1, 0.15) is 123 Å². The number of amides is 6. The number of nitrogens with two attached hydrogens (primary N) is 2. The largest absolute Gasteiger partial charge is 0.399 e. The Kier molecular flexibility index (Phi) is 13.0. The Hall–Kier alpha value is -12.9. The van der Waals surface area contributed by atoms with E-state index in [2.05, 4.69) is 83.4 Å². The van der Waals surface area contributed by atoms with Gasteiger partial charge in [0, 0.05) is 45.0 Å². The average molecular weight is 1220 g/mol. The summed E-state index contributed by atoms with van der Waals surface area (Å²) in [4.78, 5) is 99.6. The first-order valence-corrected chi connectivity index (χ1v) is 30.6. The van der Waals surface area contributed by atoms with Crippen molar-refractivity contribution in [2.24, 2.45) is 0 Å². The second kappa shape index (κ2) is 21.7. The van der Waals surface area contributed by atoms with Crippen LogP contribution in [0.5, 0.6) is 0 Å². The zero-order valence-electron chi connectivity index (χ0n) is 50.0. The first-order valence-electron chi connectivity index (χ1n) is 30.6. The molecule has 2 heterocycles. The first kappa shape index (κ1) is 56.4. The molecule has 0 spiro atoms. The number of nitrogens with zero attached hydrogens (tertiary/aromatic N) is 2. The fraction of sp³-hybridized carbons (Fsp3) is 0.0247. The summed E-state index contributed by atoms with van der Waals surface area (Å²) < 4.78 is 0. The Morgan fingerprint density at radius 2 is 0.564 bits per heavy atom. The summed E-state index contributed by atoms with van der Waals surface area (Å²) in [6.07, 6.45) is 0. The van der Waals surface area contributed by atoms with Gasteiger partial charge in [0.2, 0.25) is 0 Å². The Bertz CT molecular complexity index is 4820. The molecule has 4 aliphatic rings. The van der Waals surface area contributed by atoms with Crippen molar-refractivity contribution in [1.29, 1.82) is 0 Å². The number of nitrogen functional groups attached to an aromatic ring is 2. The van der Waals surface area contributed by atoms with Crippen molar-refractivity contribution in [3.05, 3.63) is 368 Å². The first-order chi connectivity index (χ1) is 45.8. The lowest BCUT2D eigenvalue weighted by Crippen LogP contribution is -2.29. The minimum atomic E-state index is -0.666. The van der Waals surface area contributed by atoms with Gasteiger partial charge in [-0.05, 0) is 188 Å². The van der Waals surface area contributed by atoms with Gasteiger partial charge in [0.05, 0.1) is 44.5 Å². The van der Waals surface area contributed by atoms with E-state index in [0.29, 0.717) is 22.7 Å². The van der Waals surface area contributed by atoms with Gasteiger partial charge in [0.15, 0.2) is 5.78 Å². The quantitative estimate of drug-likeness (QED) is 0.0521. The molecule has 12 aromatic carbocycles. The highest BCUT2D eigenvalue weighted by Gasteiger charge is 2.48. The molecule has 13 heteroatoms. The van der Waals surface area contributed by atoms with Gasteiger partial charge in [-0.2, -0.15) is 0 Å². The molecule has 6 amide bonds. The molecular formula is C81H52N6O7. The van der Waals surface area contributed by atoms with Gasteiger partial charge in [-0.1, -0.05) is 158 Å². The van der Waals surface area contributed by atoms with Gasteiger partial charge in [0.1, 0.15) is 0 Å². The van der Waals surface area contributed by atoms with E-state index in [4.69, 9.17) is 11.5 Å². The lowest BCUT2D eigenvalue weighted by Gasteiger charge is -2.34. The van der Waals surface area contributed by atoms with Crippen LogP contribution in [0.3, 0.4) is 0 Å². The van der Waals surface area contributed by atoms with E-state index in [-0.39, 0.29) is 55.9 Å². The predicted molar refractivity (Wildman–Crippen MR) is 364 cm³/mol. The van der Waals surface area contributed by atoms with E-state index in [1.165, 1.54) is 84.9 Å². The minimum Gasteiger partial charge on any atom is -0.399 e. The summed E-state index contributed by atoms with van der Waals surface area (Å²) in [6, 6.07) is 85.7. The molecule has 0 saturated carbocycles. The van der Waals surface area contributed by atoms with E-state index >= 15 is 0 Å². The molecule has 0 radical (unpaired) electrons. The van der Waals surface area contributed by atoms with Crippen LogP contribution in [0, 0.1) is 0 Å². The van der Waals surface area contributed by atoms with Crippen LogP contribution in [0.4, 0.5) is 34.1 Å². The topological polar surface area (TPSA) is 202 Å². The molecule has 0 saturated heterocycles. The molecule has 0 aromatic heterocycles. The highest BCUT2D eigenvalue weighted by Crippen LogP contribution is 2.58. The number of benzene rings is 12. The summed E-state index contributed by atoms with van der Waals surface area (Å²) >= 11 is 0. The maximum absolute atomic E-state index is 14.2. The minimum absolute atomic E-state index is 0.00172. The van der Waals surface area contributed by atoms with E-state index in [0.717, 1.165) is 76.6 Å². The van der Waals surface area contributed by atoms with Gasteiger partial charge < -0.3 is 22.1 Å². The zero-order chi connectivity index (χ0) is 64.1. The van der Waals surface area contributed by atoms with E-state index in [1.807, 2.05) is 121 Å². The molecule has 0 bridgehead atoms. The van der Waals surface area contributed by atoms with Gasteiger partial charge in [-0.3, -0.25) is 33.6 Å². The highest BCUT2D eigenvalue weighted by atomic mass is 16.2. The molecule has 12 aromatic rings. The van der Waals surface area contributed by atoms with Gasteiger partial charge in [-0.15, -0.1) is 0 Å². The van der Waals surface area contributed by atoms with Crippen molar-refractivity contribution in [3.63, 3.8) is 0 Å². The molecule has 0 atom stereocenters. The van der Waals surface area contributed by atoms with Crippen molar-refractivity contribution in [2.75, 3.05) is 31.9 Å². The van der Waals surface area contributed by atoms with Crippen molar-refractivity contribution in [3.8, 4) is 22.3 Å². The van der Waals surface area contributed by atoms with Crippen molar-refractivity contribution in [2.45, 2.75) is 10.8 Å². The number of carbonyl (C=O) groups is 7. The Balaban J connectivity index is 0.579. The molecule has 0 fully saturated rings. The molecule has 2 aliphatic carbocycles. The third-order valence-corrected chi connectivity index (χ3v) is 18.8. The van der Waals surface area contributed by atoms with Crippen molar-refractivity contribution < 1.29 is 33.6 Å². The molecule has 13 nitrogen and oxygen atoms in total. The summed E-state index contributed by atoms with van der Waals surface area (Å²) in [5, 5.41) is 5.98. The lowest BCUT2D eigenvalue weighted by molar-refractivity contribution is 0.0910. The molecule has 16 rings (SSSR count). The maximum Gasteiger partial charge on any atom is 0.266 e. The predicted octanol–water partition coefficient (Wildman–Crippen LogP) is 14.9.